The minimum absolute atomic E-state index is 0.579. The average molecular weight is 221 g/mol. The smallest absolute Gasteiger partial charge is 0.338 e. The summed E-state index contributed by atoms with van der Waals surface area (Å²) >= 11 is 0. The molecular formula is C11H11NO4. The van der Waals surface area contributed by atoms with Crippen LogP contribution >= 0.6 is 0 Å². The molecule has 84 valence electrons. The topological polar surface area (TPSA) is 86.5 Å². The van der Waals surface area contributed by atoms with Crippen molar-refractivity contribution in [1.82, 2.24) is 0 Å². The van der Waals surface area contributed by atoms with E-state index >= 15 is 0 Å². The minimum atomic E-state index is -0.579. The van der Waals surface area contributed by atoms with Crippen molar-refractivity contribution < 1.29 is 19.1 Å². The van der Waals surface area contributed by atoms with Crippen LogP contribution in [0.5, 0.6) is 0 Å². The van der Waals surface area contributed by atoms with Gasteiger partial charge in [-0.1, -0.05) is 18.2 Å². The zero-order valence-electron chi connectivity index (χ0n) is 8.46. The molecule has 0 aromatic heterocycles. The molecule has 0 unspecified atom stereocenters. The summed E-state index contributed by atoms with van der Waals surface area (Å²) in [7, 11) is 0. The highest BCUT2D eigenvalue weighted by Crippen LogP contribution is 1.95. The zero-order valence-corrected chi connectivity index (χ0v) is 8.46. The number of hydrogen-bond acceptors (Lipinski definition) is 5. The summed E-state index contributed by atoms with van der Waals surface area (Å²) in [5, 5.41) is 0. The summed E-state index contributed by atoms with van der Waals surface area (Å²) in [6.45, 7) is 2.00. The molecule has 1 aromatic carbocycles. The van der Waals surface area contributed by atoms with E-state index in [9.17, 15) is 9.59 Å². The number of esters is 2. The molecule has 1 heterocycles. The second kappa shape index (κ2) is 7.93. The number of anilines is 1. The first-order chi connectivity index (χ1) is 7.68. The highest BCUT2D eigenvalue weighted by Gasteiger charge is 2.10. The first-order valence-electron chi connectivity index (χ1n) is 4.22. The fraction of sp³-hybridized carbons (Fsp3) is 0. The predicted molar refractivity (Wildman–Crippen MR) is 58.2 cm³/mol. The van der Waals surface area contributed by atoms with Crippen LogP contribution in [-0.4, -0.2) is 18.7 Å². The number of nitrogens with two attached hydrogens (primary N) is 1. The Labute approximate surface area is 92.5 Å². The Morgan fingerprint density at radius 1 is 0.938 bits per heavy atom. The van der Waals surface area contributed by atoms with Gasteiger partial charge in [0.05, 0.1) is 0 Å². The van der Waals surface area contributed by atoms with Crippen molar-refractivity contribution in [3.05, 3.63) is 42.5 Å². The maximum atomic E-state index is 9.92. The molecule has 0 fully saturated rings. The lowest BCUT2D eigenvalue weighted by atomic mass is 10.3. The van der Waals surface area contributed by atoms with E-state index in [1.165, 1.54) is 0 Å². The molecule has 0 saturated heterocycles. The van der Waals surface area contributed by atoms with Crippen LogP contribution in [0.25, 0.3) is 0 Å². The second-order valence-electron chi connectivity index (χ2n) is 2.48. The number of rotatable bonds is 0. The van der Waals surface area contributed by atoms with Crippen LogP contribution in [0.1, 0.15) is 0 Å². The fourth-order valence-electron chi connectivity index (χ4n) is 0.756. The molecular weight excluding hydrogens is 210 g/mol. The van der Waals surface area contributed by atoms with E-state index in [0.717, 1.165) is 17.8 Å². The van der Waals surface area contributed by atoms with Gasteiger partial charge in [-0.2, -0.15) is 0 Å². The molecule has 2 rings (SSSR count). The van der Waals surface area contributed by atoms with Gasteiger partial charge in [0.15, 0.2) is 0 Å². The summed E-state index contributed by atoms with van der Waals surface area (Å²) in [5.74, 6) is -1.16. The van der Waals surface area contributed by atoms with Gasteiger partial charge in [0.1, 0.15) is 6.79 Å². The summed E-state index contributed by atoms with van der Waals surface area (Å²) in [6.07, 6.45) is 2.17. The molecule has 1 aromatic rings. The van der Waals surface area contributed by atoms with Gasteiger partial charge in [-0.05, 0) is 12.1 Å². The Bertz CT molecular complexity index is 357. The summed E-state index contributed by atoms with van der Waals surface area (Å²) in [6, 6.07) is 9.49. The molecule has 1 aliphatic rings. The molecule has 5 heteroatoms. The Balaban J connectivity index is 0.000000244. The molecule has 1 aliphatic heterocycles. The third-order valence-electron chi connectivity index (χ3n) is 1.36. The van der Waals surface area contributed by atoms with Crippen LogP contribution in [0.2, 0.25) is 0 Å². The van der Waals surface area contributed by atoms with Crippen LogP contribution in [0.4, 0.5) is 5.69 Å². The predicted octanol–water partition coefficient (Wildman–Crippen LogP) is 0.710. The van der Waals surface area contributed by atoms with E-state index in [-0.39, 0.29) is 0 Å². The number of nitrogen functional groups attached to an aromatic ring is 1. The van der Waals surface area contributed by atoms with Crippen LogP contribution < -0.4 is 5.73 Å². The van der Waals surface area contributed by atoms with Crippen LogP contribution in [-0.2, 0) is 19.1 Å². The first kappa shape index (κ1) is 13.6. The van der Waals surface area contributed by atoms with Crippen molar-refractivity contribution in [3.63, 3.8) is 0 Å². The minimum Gasteiger partial charge on any atom is -0.399 e. The molecule has 0 saturated carbocycles. The molecule has 5 nitrogen and oxygen atoms in total. The number of benzene rings is 1. The lowest BCUT2D eigenvalue weighted by Crippen LogP contribution is -1.96. The van der Waals surface area contributed by atoms with Crippen molar-refractivity contribution in [1.29, 1.82) is 0 Å². The van der Waals surface area contributed by atoms with Crippen LogP contribution in [0.3, 0.4) is 0 Å². The molecule has 2 N–H and O–H groups in total. The maximum Gasteiger partial charge on any atom is 0.338 e. The van der Waals surface area contributed by atoms with Crippen molar-refractivity contribution in [3.8, 4) is 0 Å². The number of carbonyl (C=O) groups excluding carboxylic acids is 3. The fourth-order valence-corrected chi connectivity index (χ4v) is 0.756. The molecule has 0 atom stereocenters. The number of cyclic esters (lactones) is 2. The number of ether oxygens (including phenoxy) is 1. The normalized spacial score (nSPS) is 11.8. The van der Waals surface area contributed by atoms with Crippen molar-refractivity contribution in [2.45, 2.75) is 0 Å². The van der Waals surface area contributed by atoms with Gasteiger partial charge >= 0.3 is 11.9 Å². The van der Waals surface area contributed by atoms with E-state index in [4.69, 9.17) is 10.5 Å². The molecule has 0 radical (unpaired) electrons. The van der Waals surface area contributed by atoms with E-state index in [1.54, 1.807) is 0 Å². The van der Waals surface area contributed by atoms with Crippen LogP contribution in [0, 0.1) is 0 Å². The number of carbonyl (C=O) groups is 3. The van der Waals surface area contributed by atoms with Crippen LogP contribution in [0.15, 0.2) is 42.5 Å². The molecule has 0 aliphatic carbocycles. The Kier molecular flexibility index (Phi) is 6.72. The molecule has 0 amide bonds. The number of hydrogen-bond donors (Lipinski definition) is 1. The summed E-state index contributed by atoms with van der Waals surface area (Å²) in [4.78, 5) is 27.8. The highest BCUT2D eigenvalue weighted by atomic mass is 16.6. The maximum absolute atomic E-state index is 9.92. The van der Waals surface area contributed by atoms with E-state index in [1.807, 2.05) is 37.1 Å². The van der Waals surface area contributed by atoms with E-state index in [2.05, 4.69) is 4.74 Å². The third-order valence-corrected chi connectivity index (χ3v) is 1.36. The van der Waals surface area contributed by atoms with Crippen molar-refractivity contribution in [2.75, 3.05) is 5.73 Å². The van der Waals surface area contributed by atoms with Crippen molar-refractivity contribution >= 4 is 24.4 Å². The molecule has 0 spiro atoms. The molecule has 16 heavy (non-hydrogen) atoms. The Hall–Kier alpha value is -2.43. The lowest BCUT2D eigenvalue weighted by molar-refractivity contribution is -0.150. The Morgan fingerprint density at radius 3 is 1.56 bits per heavy atom. The van der Waals surface area contributed by atoms with Gasteiger partial charge in [0.25, 0.3) is 0 Å². The quantitative estimate of drug-likeness (QED) is 0.396. The highest BCUT2D eigenvalue weighted by molar-refractivity contribution is 6.04. The summed E-state index contributed by atoms with van der Waals surface area (Å²) in [5.41, 5.74) is 6.18. The molecule has 0 bridgehead atoms. The lowest BCUT2D eigenvalue weighted by Gasteiger charge is -1.83. The van der Waals surface area contributed by atoms with E-state index < -0.39 is 11.9 Å². The zero-order chi connectivity index (χ0) is 12.4. The average Bonchev–Trinajstić information content (AvgIpc) is 2.67. The van der Waals surface area contributed by atoms with Gasteiger partial charge in [0, 0.05) is 17.8 Å². The first-order valence-corrected chi connectivity index (χ1v) is 4.22. The SMILES string of the molecule is C=O.Nc1ccccc1.O=C1C=CC(=O)O1. The third kappa shape index (κ3) is 6.09. The monoisotopic (exact) mass is 221 g/mol. The number of para-hydroxylation sites is 1. The van der Waals surface area contributed by atoms with Crippen molar-refractivity contribution in [2.24, 2.45) is 0 Å². The Morgan fingerprint density at radius 2 is 1.38 bits per heavy atom. The van der Waals surface area contributed by atoms with Gasteiger partial charge < -0.3 is 15.3 Å². The van der Waals surface area contributed by atoms with Gasteiger partial charge in [-0.15, -0.1) is 0 Å². The standard InChI is InChI=1S/C6H7N.C4H2O3.CH2O/c7-6-4-2-1-3-5-6;5-3-1-2-4(6)7-3;1-2/h1-5H,7H2;1-2H;1H2. The second-order valence-corrected chi connectivity index (χ2v) is 2.48. The van der Waals surface area contributed by atoms with Gasteiger partial charge in [0.2, 0.25) is 0 Å². The van der Waals surface area contributed by atoms with Gasteiger partial charge in [-0.25, -0.2) is 9.59 Å². The summed E-state index contributed by atoms with van der Waals surface area (Å²) < 4.78 is 3.97. The van der Waals surface area contributed by atoms with E-state index in [0.29, 0.717) is 0 Å². The van der Waals surface area contributed by atoms with Gasteiger partial charge in [-0.3, -0.25) is 0 Å². The largest absolute Gasteiger partial charge is 0.399 e.